The molecule has 0 heterocycles. The molecule has 1 aromatic carbocycles. The summed E-state index contributed by atoms with van der Waals surface area (Å²) in [4.78, 5) is 21.6. The summed E-state index contributed by atoms with van der Waals surface area (Å²) >= 11 is 0. The zero-order valence-electron chi connectivity index (χ0n) is 7.30. The van der Waals surface area contributed by atoms with Crippen LogP contribution in [0.3, 0.4) is 0 Å². The van der Waals surface area contributed by atoms with Crippen molar-refractivity contribution in [3.8, 4) is 0 Å². The van der Waals surface area contributed by atoms with Gasteiger partial charge in [-0.15, -0.1) is 0 Å². The molecule has 0 aromatic heterocycles. The van der Waals surface area contributed by atoms with Crippen molar-refractivity contribution in [2.45, 2.75) is 6.92 Å². The Morgan fingerprint density at radius 1 is 1.21 bits per heavy atom. The fraction of sp³-hybridized carbons (Fsp3) is 0.111. The van der Waals surface area contributed by atoms with E-state index in [-0.39, 0.29) is 0 Å². The van der Waals surface area contributed by atoms with Gasteiger partial charge in [-0.3, -0.25) is 14.9 Å². The van der Waals surface area contributed by atoms with E-state index in [4.69, 9.17) is 0 Å². The molecule has 0 aliphatic carbocycles. The summed E-state index contributed by atoms with van der Waals surface area (Å²) < 4.78 is 25.9. The lowest BCUT2D eigenvalue weighted by Gasteiger charge is -2.03. The molecule has 14 heavy (non-hydrogen) atoms. The van der Waals surface area contributed by atoms with Crippen molar-refractivity contribution < 1.29 is 18.4 Å². The van der Waals surface area contributed by atoms with Gasteiger partial charge in [0.25, 0.3) is 5.91 Å². The number of amides is 2. The fourth-order valence-electron chi connectivity index (χ4n) is 0.937. The molecule has 1 aromatic rings. The van der Waals surface area contributed by atoms with Gasteiger partial charge >= 0.3 is 0 Å². The third kappa shape index (κ3) is 2.12. The maximum absolute atomic E-state index is 12.9. The van der Waals surface area contributed by atoms with Crippen LogP contribution in [-0.2, 0) is 4.79 Å². The molecule has 74 valence electrons. The molecule has 0 unspecified atom stereocenters. The summed E-state index contributed by atoms with van der Waals surface area (Å²) in [7, 11) is 0. The Labute approximate surface area is 78.7 Å². The van der Waals surface area contributed by atoms with Crippen LogP contribution in [0.25, 0.3) is 0 Å². The molecule has 0 bridgehead atoms. The summed E-state index contributed by atoms with van der Waals surface area (Å²) in [5, 5.41) is 1.78. The Hall–Kier alpha value is -1.78. The highest BCUT2D eigenvalue weighted by molar-refractivity contribution is 6.04. The van der Waals surface area contributed by atoms with Crippen molar-refractivity contribution in [1.29, 1.82) is 0 Å². The largest absolute Gasteiger partial charge is 0.292 e. The average molecular weight is 199 g/mol. The Bertz CT molecular complexity index is 370. The zero-order valence-corrected chi connectivity index (χ0v) is 7.30. The molecule has 0 atom stereocenters. The highest BCUT2D eigenvalue weighted by Gasteiger charge is 2.17. The first-order chi connectivity index (χ1) is 6.52. The molecule has 0 aliphatic heterocycles. The van der Waals surface area contributed by atoms with Gasteiger partial charge in [-0.2, -0.15) is 0 Å². The molecule has 0 aliphatic rings. The Morgan fingerprint density at radius 2 is 1.71 bits per heavy atom. The highest BCUT2D eigenvalue weighted by Crippen LogP contribution is 2.11. The van der Waals surface area contributed by atoms with Crippen molar-refractivity contribution in [1.82, 2.24) is 5.32 Å². The summed E-state index contributed by atoms with van der Waals surface area (Å²) in [5.41, 5.74) is -0.747. The van der Waals surface area contributed by atoms with Crippen LogP contribution in [-0.4, -0.2) is 11.8 Å². The number of hydrogen-bond acceptors (Lipinski definition) is 2. The van der Waals surface area contributed by atoms with Crippen LogP contribution in [0.5, 0.6) is 0 Å². The maximum Gasteiger partial charge on any atom is 0.263 e. The van der Waals surface area contributed by atoms with E-state index < -0.39 is 29.0 Å². The number of rotatable bonds is 1. The predicted octanol–water partition coefficient (Wildman–Crippen LogP) is 1.24. The number of carbonyl (C=O) groups excluding carboxylic acids is 2. The number of nitrogens with one attached hydrogen (secondary N) is 1. The summed E-state index contributed by atoms with van der Waals surface area (Å²) in [6, 6.07) is 3.02. The highest BCUT2D eigenvalue weighted by atomic mass is 19.1. The topological polar surface area (TPSA) is 46.2 Å². The van der Waals surface area contributed by atoms with Crippen LogP contribution in [0.4, 0.5) is 8.78 Å². The van der Waals surface area contributed by atoms with Gasteiger partial charge < -0.3 is 0 Å². The summed E-state index contributed by atoms with van der Waals surface area (Å²) in [6.07, 6.45) is 0. The zero-order chi connectivity index (χ0) is 10.7. The lowest BCUT2D eigenvalue weighted by molar-refractivity contribution is -0.118. The predicted molar refractivity (Wildman–Crippen MR) is 44.5 cm³/mol. The van der Waals surface area contributed by atoms with E-state index in [9.17, 15) is 18.4 Å². The van der Waals surface area contributed by atoms with E-state index in [1.165, 1.54) is 0 Å². The van der Waals surface area contributed by atoms with Crippen LogP contribution in [0.15, 0.2) is 18.2 Å². The van der Waals surface area contributed by atoms with Gasteiger partial charge in [0.1, 0.15) is 17.2 Å². The first kappa shape index (κ1) is 10.3. The average Bonchev–Trinajstić information content (AvgIpc) is 2.01. The smallest absolute Gasteiger partial charge is 0.263 e. The standard InChI is InChI=1S/C9H7F2NO2/c1-5(13)12-9(14)8-6(10)3-2-4-7(8)11/h2-4H,1H3,(H,12,13,14). The van der Waals surface area contributed by atoms with E-state index >= 15 is 0 Å². The third-order valence-corrected chi connectivity index (χ3v) is 1.48. The van der Waals surface area contributed by atoms with Crippen LogP contribution in [0.2, 0.25) is 0 Å². The molecule has 0 saturated heterocycles. The molecule has 0 radical (unpaired) electrons. The van der Waals surface area contributed by atoms with Gasteiger partial charge in [0.2, 0.25) is 5.91 Å². The number of hydrogen-bond donors (Lipinski definition) is 1. The number of halogens is 2. The van der Waals surface area contributed by atoms with Gasteiger partial charge in [0.05, 0.1) is 0 Å². The van der Waals surface area contributed by atoms with E-state index in [0.29, 0.717) is 0 Å². The van der Waals surface area contributed by atoms with E-state index in [1.54, 1.807) is 5.32 Å². The molecular formula is C9H7F2NO2. The molecule has 0 fully saturated rings. The van der Waals surface area contributed by atoms with Gasteiger partial charge in [0, 0.05) is 6.92 Å². The fourth-order valence-corrected chi connectivity index (χ4v) is 0.937. The molecular weight excluding hydrogens is 192 g/mol. The molecule has 3 nitrogen and oxygen atoms in total. The minimum absolute atomic E-state index is 0.669. The van der Waals surface area contributed by atoms with Gasteiger partial charge in [0.15, 0.2) is 0 Å². The van der Waals surface area contributed by atoms with Crippen molar-refractivity contribution in [3.63, 3.8) is 0 Å². The Morgan fingerprint density at radius 3 is 2.14 bits per heavy atom. The SMILES string of the molecule is CC(=O)NC(=O)c1c(F)cccc1F. The van der Waals surface area contributed by atoms with Gasteiger partial charge in [-0.05, 0) is 12.1 Å². The van der Waals surface area contributed by atoms with Crippen molar-refractivity contribution in [2.75, 3.05) is 0 Å². The molecule has 5 heteroatoms. The minimum Gasteiger partial charge on any atom is -0.292 e. The first-order valence-electron chi connectivity index (χ1n) is 3.78. The molecule has 0 saturated carbocycles. The van der Waals surface area contributed by atoms with E-state index in [1.807, 2.05) is 0 Å². The van der Waals surface area contributed by atoms with Crippen LogP contribution < -0.4 is 5.32 Å². The van der Waals surface area contributed by atoms with E-state index in [2.05, 4.69) is 0 Å². The Balaban J connectivity index is 3.06. The first-order valence-corrected chi connectivity index (χ1v) is 3.78. The van der Waals surface area contributed by atoms with Crippen LogP contribution in [0, 0.1) is 11.6 Å². The molecule has 2 amide bonds. The third-order valence-electron chi connectivity index (χ3n) is 1.48. The quantitative estimate of drug-likeness (QED) is 0.739. The van der Waals surface area contributed by atoms with Gasteiger partial charge in [-0.25, -0.2) is 8.78 Å². The second kappa shape index (κ2) is 3.95. The molecule has 0 spiro atoms. The minimum atomic E-state index is -1.08. The van der Waals surface area contributed by atoms with Crippen molar-refractivity contribution in [3.05, 3.63) is 35.4 Å². The monoisotopic (exact) mass is 199 g/mol. The van der Waals surface area contributed by atoms with E-state index in [0.717, 1.165) is 25.1 Å². The Kier molecular flexibility index (Phi) is 2.91. The van der Waals surface area contributed by atoms with Crippen molar-refractivity contribution in [2.24, 2.45) is 0 Å². The van der Waals surface area contributed by atoms with Crippen LogP contribution >= 0.6 is 0 Å². The lowest BCUT2D eigenvalue weighted by Crippen LogP contribution is -2.29. The normalized spacial score (nSPS) is 9.64. The maximum atomic E-state index is 12.9. The van der Waals surface area contributed by atoms with Gasteiger partial charge in [-0.1, -0.05) is 6.07 Å². The molecule has 1 N–H and O–H groups in total. The molecule has 1 rings (SSSR count). The second-order valence-corrected chi connectivity index (χ2v) is 2.61. The van der Waals surface area contributed by atoms with Crippen molar-refractivity contribution >= 4 is 11.8 Å². The number of carbonyl (C=O) groups is 2. The number of benzene rings is 1. The lowest BCUT2D eigenvalue weighted by atomic mass is 10.2. The summed E-state index contributed by atoms with van der Waals surface area (Å²) in [5.74, 6) is -3.74. The van der Waals surface area contributed by atoms with Crippen LogP contribution in [0.1, 0.15) is 17.3 Å². The second-order valence-electron chi connectivity index (χ2n) is 2.61. The summed E-state index contributed by atoms with van der Waals surface area (Å²) in [6.45, 7) is 1.08. The number of imide groups is 1.